The maximum Gasteiger partial charge on any atom is 0.0912 e. The molecule has 2 N–H and O–H groups in total. The second-order valence-corrected chi connectivity index (χ2v) is 3.71. The van der Waals surface area contributed by atoms with E-state index < -0.39 is 0 Å². The average Bonchev–Trinajstić information content (AvgIpc) is 2.69. The molecular formula is C12H15NO. The van der Waals surface area contributed by atoms with Crippen molar-refractivity contribution < 1.29 is 4.74 Å². The van der Waals surface area contributed by atoms with Gasteiger partial charge < -0.3 is 10.5 Å². The molecule has 2 nitrogen and oxygen atoms in total. The molecule has 1 atom stereocenters. The number of ether oxygens (including phenoxy) is 1. The zero-order valence-electron chi connectivity index (χ0n) is 8.36. The Hall–Kier alpha value is -1.28. The van der Waals surface area contributed by atoms with E-state index in [2.05, 4.69) is 25.1 Å². The molecule has 0 fully saturated rings. The summed E-state index contributed by atoms with van der Waals surface area (Å²) in [5.74, 6) is 0. The van der Waals surface area contributed by atoms with Gasteiger partial charge >= 0.3 is 0 Å². The van der Waals surface area contributed by atoms with Crippen LogP contribution >= 0.6 is 0 Å². The Morgan fingerprint density at radius 3 is 2.93 bits per heavy atom. The van der Waals surface area contributed by atoms with Gasteiger partial charge in [-0.25, -0.2) is 0 Å². The van der Waals surface area contributed by atoms with Gasteiger partial charge in [0.25, 0.3) is 0 Å². The molecule has 74 valence electrons. The Labute approximate surface area is 84.4 Å². The zero-order valence-corrected chi connectivity index (χ0v) is 8.36. The van der Waals surface area contributed by atoms with Gasteiger partial charge in [-0.15, -0.1) is 0 Å². The molecule has 1 aliphatic rings. The standard InChI is InChI=1S/C12H15NO/c1-9-3-2-4-10(7-9)12(13)11-5-6-14-8-11/h2-4,7-8,12H,5-6,13H2,1H3. The summed E-state index contributed by atoms with van der Waals surface area (Å²) in [6.45, 7) is 2.85. The van der Waals surface area contributed by atoms with Crippen molar-refractivity contribution in [3.63, 3.8) is 0 Å². The molecule has 1 aliphatic heterocycles. The zero-order chi connectivity index (χ0) is 9.97. The van der Waals surface area contributed by atoms with E-state index in [1.807, 2.05) is 6.07 Å². The normalized spacial score (nSPS) is 17.4. The number of rotatable bonds is 2. The third kappa shape index (κ3) is 1.80. The monoisotopic (exact) mass is 189 g/mol. The van der Waals surface area contributed by atoms with E-state index in [9.17, 15) is 0 Å². The van der Waals surface area contributed by atoms with E-state index in [1.165, 1.54) is 16.7 Å². The first-order valence-corrected chi connectivity index (χ1v) is 4.90. The van der Waals surface area contributed by atoms with E-state index >= 15 is 0 Å². The summed E-state index contributed by atoms with van der Waals surface area (Å²) >= 11 is 0. The van der Waals surface area contributed by atoms with Crippen molar-refractivity contribution in [1.29, 1.82) is 0 Å². The summed E-state index contributed by atoms with van der Waals surface area (Å²) in [4.78, 5) is 0. The van der Waals surface area contributed by atoms with Crippen LogP contribution in [0.25, 0.3) is 0 Å². The third-order valence-corrected chi connectivity index (χ3v) is 2.54. The van der Waals surface area contributed by atoms with Crippen molar-refractivity contribution in [3.8, 4) is 0 Å². The minimum absolute atomic E-state index is 0.00241. The maximum atomic E-state index is 6.12. The molecule has 0 aromatic heterocycles. The third-order valence-electron chi connectivity index (χ3n) is 2.54. The second kappa shape index (κ2) is 3.84. The van der Waals surface area contributed by atoms with Crippen LogP contribution in [0, 0.1) is 6.92 Å². The molecular weight excluding hydrogens is 174 g/mol. The second-order valence-electron chi connectivity index (χ2n) is 3.71. The summed E-state index contributed by atoms with van der Waals surface area (Å²) in [5.41, 5.74) is 9.73. The minimum atomic E-state index is -0.00241. The molecule has 0 amide bonds. The smallest absolute Gasteiger partial charge is 0.0912 e. The van der Waals surface area contributed by atoms with Crippen molar-refractivity contribution in [2.24, 2.45) is 5.73 Å². The number of nitrogens with two attached hydrogens (primary N) is 1. The fourth-order valence-electron chi connectivity index (χ4n) is 1.71. The first-order valence-electron chi connectivity index (χ1n) is 4.90. The van der Waals surface area contributed by atoms with Crippen LogP contribution in [-0.2, 0) is 4.74 Å². The molecule has 0 saturated carbocycles. The summed E-state index contributed by atoms with van der Waals surface area (Å²) in [6.07, 6.45) is 2.75. The van der Waals surface area contributed by atoms with Crippen molar-refractivity contribution in [2.45, 2.75) is 19.4 Å². The van der Waals surface area contributed by atoms with Gasteiger partial charge in [0.05, 0.1) is 18.9 Å². The van der Waals surface area contributed by atoms with E-state index in [-0.39, 0.29) is 6.04 Å². The quantitative estimate of drug-likeness (QED) is 0.774. The van der Waals surface area contributed by atoms with Crippen LogP contribution < -0.4 is 5.73 Å². The van der Waals surface area contributed by atoms with Gasteiger partial charge in [0, 0.05) is 6.42 Å². The van der Waals surface area contributed by atoms with Gasteiger partial charge in [0.15, 0.2) is 0 Å². The summed E-state index contributed by atoms with van der Waals surface area (Å²) in [5, 5.41) is 0. The number of benzene rings is 1. The predicted molar refractivity (Wildman–Crippen MR) is 56.8 cm³/mol. The molecule has 2 rings (SSSR count). The molecule has 2 heteroatoms. The lowest BCUT2D eigenvalue weighted by Crippen LogP contribution is -2.12. The Morgan fingerprint density at radius 1 is 1.43 bits per heavy atom. The molecule has 1 aromatic rings. The number of hydrogen-bond donors (Lipinski definition) is 1. The van der Waals surface area contributed by atoms with Crippen molar-refractivity contribution >= 4 is 0 Å². The van der Waals surface area contributed by atoms with Crippen LogP contribution in [0.4, 0.5) is 0 Å². The summed E-state index contributed by atoms with van der Waals surface area (Å²) in [6, 6.07) is 8.31. The van der Waals surface area contributed by atoms with Crippen LogP contribution in [0.2, 0.25) is 0 Å². The van der Waals surface area contributed by atoms with Crippen molar-refractivity contribution in [2.75, 3.05) is 6.61 Å². The molecule has 0 spiro atoms. The maximum absolute atomic E-state index is 6.12. The molecule has 0 aliphatic carbocycles. The topological polar surface area (TPSA) is 35.2 Å². The summed E-state index contributed by atoms with van der Waals surface area (Å²) < 4.78 is 5.19. The fourth-order valence-corrected chi connectivity index (χ4v) is 1.71. The van der Waals surface area contributed by atoms with Crippen LogP contribution in [0.1, 0.15) is 23.6 Å². The van der Waals surface area contributed by atoms with Gasteiger partial charge in [-0.3, -0.25) is 0 Å². The summed E-state index contributed by atoms with van der Waals surface area (Å²) in [7, 11) is 0. The van der Waals surface area contributed by atoms with E-state index in [1.54, 1.807) is 6.26 Å². The Kier molecular flexibility index (Phi) is 2.55. The molecule has 1 unspecified atom stereocenters. The predicted octanol–water partition coefficient (Wildman–Crippen LogP) is 2.30. The first kappa shape index (κ1) is 9.28. The van der Waals surface area contributed by atoms with Gasteiger partial charge in [-0.2, -0.15) is 0 Å². The van der Waals surface area contributed by atoms with Crippen LogP contribution in [-0.4, -0.2) is 6.61 Å². The SMILES string of the molecule is Cc1cccc(C(N)C2=COCC2)c1. The largest absolute Gasteiger partial charge is 0.501 e. The van der Waals surface area contributed by atoms with Crippen molar-refractivity contribution in [1.82, 2.24) is 0 Å². The van der Waals surface area contributed by atoms with Crippen molar-refractivity contribution in [3.05, 3.63) is 47.2 Å². The van der Waals surface area contributed by atoms with E-state index in [0.717, 1.165) is 13.0 Å². The molecule has 1 aromatic carbocycles. The lowest BCUT2D eigenvalue weighted by atomic mass is 9.98. The fraction of sp³-hybridized carbons (Fsp3) is 0.333. The molecule has 0 saturated heterocycles. The molecule has 0 bridgehead atoms. The average molecular weight is 189 g/mol. The van der Waals surface area contributed by atoms with Crippen LogP contribution in [0.5, 0.6) is 0 Å². The highest BCUT2D eigenvalue weighted by Crippen LogP contribution is 2.25. The molecule has 1 heterocycles. The number of aryl methyl sites for hydroxylation is 1. The highest BCUT2D eigenvalue weighted by Gasteiger charge is 2.15. The van der Waals surface area contributed by atoms with E-state index in [4.69, 9.17) is 10.5 Å². The number of hydrogen-bond acceptors (Lipinski definition) is 2. The van der Waals surface area contributed by atoms with Gasteiger partial charge in [0.1, 0.15) is 0 Å². The minimum Gasteiger partial charge on any atom is -0.501 e. The molecule has 14 heavy (non-hydrogen) atoms. The lowest BCUT2D eigenvalue weighted by molar-refractivity contribution is 0.281. The Morgan fingerprint density at radius 2 is 2.29 bits per heavy atom. The van der Waals surface area contributed by atoms with Gasteiger partial charge in [-0.1, -0.05) is 29.8 Å². The highest BCUT2D eigenvalue weighted by molar-refractivity contribution is 5.31. The van der Waals surface area contributed by atoms with Crippen LogP contribution in [0.3, 0.4) is 0 Å². The van der Waals surface area contributed by atoms with Gasteiger partial charge in [0.2, 0.25) is 0 Å². The lowest BCUT2D eigenvalue weighted by Gasteiger charge is -2.12. The molecule has 0 radical (unpaired) electrons. The first-order chi connectivity index (χ1) is 6.77. The highest BCUT2D eigenvalue weighted by atomic mass is 16.5. The Balaban J connectivity index is 2.22. The Bertz CT molecular complexity index is 357. The van der Waals surface area contributed by atoms with Gasteiger partial charge in [-0.05, 0) is 18.1 Å². The van der Waals surface area contributed by atoms with E-state index in [0.29, 0.717) is 0 Å². The van der Waals surface area contributed by atoms with Crippen LogP contribution in [0.15, 0.2) is 36.1 Å².